The van der Waals surface area contributed by atoms with E-state index in [1.807, 2.05) is 49.4 Å². The van der Waals surface area contributed by atoms with Crippen molar-refractivity contribution >= 4 is 32.5 Å². The van der Waals surface area contributed by atoms with Crippen molar-refractivity contribution in [3.8, 4) is 5.75 Å². The van der Waals surface area contributed by atoms with E-state index in [4.69, 9.17) is 4.74 Å². The minimum atomic E-state index is -0.507. The number of ether oxygens (including phenoxy) is 1. The van der Waals surface area contributed by atoms with E-state index >= 15 is 0 Å². The average molecular weight is 395 g/mol. The van der Waals surface area contributed by atoms with Gasteiger partial charge in [0.2, 0.25) is 5.78 Å². The first kappa shape index (κ1) is 16.3. The van der Waals surface area contributed by atoms with Crippen LogP contribution in [0.4, 0.5) is 0 Å². The average Bonchev–Trinajstić information content (AvgIpc) is 3.08. The molecule has 0 radical (unpaired) electrons. The van der Waals surface area contributed by atoms with Crippen LogP contribution < -0.4 is 4.74 Å². The zero-order chi connectivity index (χ0) is 17.4. The predicted molar refractivity (Wildman–Crippen MR) is 105 cm³/mol. The third kappa shape index (κ3) is 3.34. The van der Waals surface area contributed by atoms with Gasteiger partial charge in [0.05, 0.1) is 0 Å². The molecular formula is C22H19BrO2. The molecule has 1 aliphatic carbocycles. The number of carbonyl (C=O) groups is 1. The highest BCUT2D eigenvalue weighted by atomic mass is 79.9. The highest BCUT2D eigenvalue weighted by molar-refractivity contribution is 9.10. The fourth-order valence-electron chi connectivity index (χ4n) is 3.49. The van der Waals surface area contributed by atoms with E-state index < -0.39 is 6.10 Å². The molecule has 1 aliphatic rings. The molecule has 126 valence electrons. The molecule has 0 amide bonds. The van der Waals surface area contributed by atoms with Crippen molar-refractivity contribution in [1.29, 1.82) is 0 Å². The topological polar surface area (TPSA) is 26.3 Å². The number of fused-ring (bicyclic) bond motifs is 2. The number of ketones is 1. The van der Waals surface area contributed by atoms with Crippen molar-refractivity contribution in [3.05, 3.63) is 75.8 Å². The number of Topliss-reactive ketones (excluding diaryl/α,β-unsaturated/α-hetero) is 1. The monoisotopic (exact) mass is 394 g/mol. The Kier molecular flexibility index (Phi) is 4.34. The fourth-order valence-corrected chi connectivity index (χ4v) is 3.86. The maximum absolute atomic E-state index is 12.7. The molecule has 25 heavy (non-hydrogen) atoms. The van der Waals surface area contributed by atoms with E-state index in [1.54, 1.807) is 0 Å². The molecule has 0 heterocycles. The molecule has 0 aromatic heterocycles. The molecule has 0 saturated carbocycles. The third-order valence-electron chi connectivity index (χ3n) is 4.84. The Balaban J connectivity index is 1.54. The molecule has 0 spiro atoms. The summed E-state index contributed by atoms with van der Waals surface area (Å²) >= 11 is 3.48. The van der Waals surface area contributed by atoms with Gasteiger partial charge in [-0.05, 0) is 78.4 Å². The van der Waals surface area contributed by atoms with Crippen molar-refractivity contribution in [2.75, 3.05) is 0 Å². The summed E-state index contributed by atoms with van der Waals surface area (Å²) in [4.78, 5) is 12.7. The van der Waals surface area contributed by atoms with Crippen LogP contribution in [0.2, 0.25) is 0 Å². The second-order valence-corrected chi connectivity index (χ2v) is 7.53. The summed E-state index contributed by atoms with van der Waals surface area (Å²) in [7, 11) is 0. The molecule has 2 nitrogen and oxygen atoms in total. The molecule has 4 rings (SSSR count). The molecule has 1 atom stereocenters. The van der Waals surface area contributed by atoms with Gasteiger partial charge in [-0.3, -0.25) is 4.79 Å². The van der Waals surface area contributed by atoms with Crippen LogP contribution in [-0.4, -0.2) is 11.9 Å². The Labute approximate surface area is 155 Å². The lowest BCUT2D eigenvalue weighted by Crippen LogP contribution is -2.24. The minimum Gasteiger partial charge on any atom is -0.483 e. The van der Waals surface area contributed by atoms with Gasteiger partial charge in [-0.2, -0.15) is 0 Å². The Hall–Kier alpha value is -2.13. The smallest absolute Gasteiger partial charge is 0.203 e. The first-order valence-electron chi connectivity index (χ1n) is 8.62. The van der Waals surface area contributed by atoms with E-state index in [0.717, 1.165) is 39.4 Å². The van der Waals surface area contributed by atoms with Gasteiger partial charge < -0.3 is 4.74 Å². The summed E-state index contributed by atoms with van der Waals surface area (Å²) in [5.74, 6) is 0.752. The van der Waals surface area contributed by atoms with Crippen molar-refractivity contribution in [2.45, 2.75) is 32.3 Å². The van der Waals surface area contributed by atoms with Gasteiger partial charge in [-0.1, -0.05) is 40.2 Å². The Bertz CT molecular complexity index is 961. The summed E-state index contributed by atoms with van der Waals surface area (Å²) in [6.07, 6.45) is 2.88. The van der Waals surface area contributed by atoms with Crippen LogP contribution in [0.3, 0.4) is 0 Å². The maximum Gasteiger partial charge on any atom is 0.203 e. The van der Waals surface area contributed by atoms with Crippen LogP contribution in [0, 0.1) is 0 Å². The molecule has 0 saturated heterocycles. The SMILES string of the molecule is C[C@H](Oc1ccc2cc(Br)ccc2c1)C(=O)c1ccc2c(c1)CCC2. The van der Waals surface area contributed by atoms with E-state index in [9.17, 15) is 4.79 Å². The van der Waals surface area contributed by atoms with Gasteiger partial charge in [0, 0.05) is 10.0 Å². The molecule has 0 fully saturated rings. The highest BCUT2D eigenvalue weighted by Crippen LogP contribution is 2.26. The Morgan fingerprint density at radius 2 is 1.72 bits per heavy atom. The quantitative estimate of drug-likeness (QED) is 0.527. The largest absolute Gasteiger partial charge is 0.483 e. The van der Waals surface area contributed by atoms with Crippen LogP contribution in [0.15, 0.2) is 59.1 Å². The van der Waals surface area contributed by atoms with Crippen molar-refractivity contribution in [1.82, 2.24) is 0 Å². The zero-order valence-corrected chi connectivity index (χ0v) is 15.7. The summed E-state index contributed by atoms with van der Waals surface area (Å²) < 4.78 is 6.98. The van der Waals surface area contributed by atoms with Gasteiger partial charge in [0.1, 0.15) is 5.75 Å². The van der Waals surface area contributed by atoms with Crippen LogP contribution in [0.5, 0.6) is 5.75 Å². The van der Waals surface area contributed by atoms with E-state index in [2.05, 4.69) is 28.1 Å². The lowest BCUT2D eigenvalue weighted by Gasteiger charge is -2.15. The van der Waals surface area contributed by atoms with Crippen molar-refractivity contribution < 1.29 is 9.53 Å². The van der Waals surface area contributed by atoms with E-state index in [1.165, 1.54) is 17.5 Å². The predicted octanol–water partition coefficient (Wildman–Crippen LogP) is 5.74. The van der Waals surface area contributed by atoms with E-state index in [-0.39, 0.29) is 5.78 Å². The van der Waals surface area contributed by atoms with Gasteiger partial charge in [-0.25, -0.2) is 0 Å². The lowest BCUT2D eigenvalue weighted by atomic mass is 10.0. The van der Waals surface area contributed by atoms with Crippen LogP contribution in [0.1, 0.15) is 34.8 Å². The zero-order valence-electron chi connectivity index (χ0n) is 14.1. The summed E-state index contributed by atoms with van der Waals surface area (Å²) in [6, 6.07) is 18.1. The van der Waals surface area contributed by atoms with Crippen LogP contribution in [0.25, 0.3) is 10.8 Å². The van der Waals surface area contributed by atoms with Gasteiger partial charge in [-0.15, -0.1) is 0 Å². The lowest BCUT2D eigenvalue weighted by molar-refractivity contribution is 0.0818. The summed E-state index contributed by atoms with van der Waals surface area (Å²) in [5, 5.41) is 2.23. The first-order valence-corrected chi connectivity index (χ1v) is 9.41. The fraction of sp³-hybridized carbons (Fsp3) is 0.227. The number of halogens is 1. The highest BCUT2D eigenvalue weighted by Gasteiger charge is 2.19. The number of carbonyl (C=O) groups excluding carboxylic acids is 1. The van der Waals surface area contributed by atoms with Crippen LogP contribution >= 0.6 is 15.9 Å². The van der Waals surface area contributed by atoms with Gasteiger partial charge >= 0.3 is 0 Å². The summed E-state index contributed by atoms with van der Waals surface area (Å²) in [6.45, 7) is 1.82. The number of aryl methyl sites for hydroxylation is 2. The first-order chi connectivity index (χ1) is 12.1. The normalized spacial score (nSPS) is 14.3. The third-order valence-corrected chi connectivity index (χ3v) is 5.33. The number of hydrogen-bond acceptors (Lipinski definition) is 2. The standard InChI is InChI=1S/C22H19BrO2/c1-14(22(24)19-6-5-15-3-2-4-16(15)11-19)25-21-10-8-17-12-20(23)9-7-18(17)13-21/h5-14H,2-4H2,1H3/t14-/m0/s1. The maximum atomic E-state index is 12.7. The molecule has 3 aromatic carbocycles. The Morgan fingerprint density at radius 3 is 2.60 bits per heavy atom. The molecule has 0 bridgehead atoms. The molecule has 0 unspecified atom stereocenters. The number of benzene rings is 3. The van der Waals surface area contributed by atoms with Crippen LogP contribution in [-0.2, 0) is 12.8 Å². The minimum absolute atomic E-state index is 0.0330. The molecular weight excluding hydrogens is 376 g/mol. The molecule has 3 aromatic rings. The van der Waals surface area contributed by atoms with E-state index in [0.29, 0.717) is 0 Å². The van der Waals surface area contributed by atoms with Gasteiger partial charge in [0.15, 0.2) is 6.10 Å². The van der Waals surface area contributed by atoms with Crippen molar-refractivity contribution in [3.63, 3.8) is 0 Å². The molecule has 3 heteroatoms. The summed E-state index contributed by atoms with van der Waals surface area (Å²) in [5.41, 5.74) is 3.44. The number of rotatable bonds is 4. The van der Waals surface area contributed by atoms with Gasteiger partial charge in [0.25, 0.3) is 0 Å². The van der Waals surface area contributed by atoms with Crippen molar-refractivity contribution in [2.24, 2.45) is 0 Å². The second-order valence-electron chi connectivity index (χ2n) is 6.61. The molecule has 0 aliphatic heterocycles. The Morgan fingerprint density at radius 1 is 0.960 bits per heavy atom. The molecule has 0 N–H and O–H groups in total. The second kappa shape index (κ2) is 6.64. The number of hydrogen-bond donors (Lipinski definition) is 0.